The van der Waals surface area contributed by atoms with Crippen molar-refractivity contribution in [2.75, 3.05) is 0 Å². The minimum Gasteiger partial charge on any atom is -0.508 e. The molecule has 0 aliphatic heterocycles. The Bertz CT molecular complexity index is 878. The van der Waals surface area contributed by atoms with E-state index in [0.29, 0.717) is 0 Å². The maximum absolute atomic E-state index is 12.2. The number of hydrogen-bond donors (Lipinski definition) is 4. The van der Waals surface area contributed by atoms with E-state index in [1.165, 1.54) is 18.2 Å². The fraction of sp³-hybridized carbons (Fsp3) is 0. The highest BCUT2D eigenvalue weighted by molar-refractivity contribution is 5.97. The molecule has 0 unspecified atom stereocenters. The summed E-state index contributed by atoms with van der Waals surface area (Å²) >= 11 is 0. The number of fused-ring (bicyclic) bond motifs is 2. The Labute approximate surface area is 105 Å². The van der Waals surface area contributed by atoms with E-state index in [-0.39, 0.29) is 27.7 Å². The third kappa shape index (κ3) is 1.46. The SMILES string of the molecule is O=c1c2cc(O)ccc2oc2c(O)c(O)cc(O)c12. The molecule has 0 atom stereocenters. The van der Waals surface area contributed by atoms with Crippen LogP contribution in [0, 0.1) is 0 Å². The van der Waals surface area contributed by atoms with E-state index in [1.807, 2.05) is 0 Å². The topological polar surface area (TPSA) is 111 Å². The van der Waals surface area contributed by atoms with Crippen molar-refractivity contribution in [2.45, 2.75) is 0 Å². The molecule has 0 aliphatic rings. The van der Waals surface area contributed by atoms with E-state index in [9.17, 15) is 25.2 Å². The normalized spacial score (nSPS) is 11.2. The zero-order chi connectivity index (χ0) is 13.7. The van der Waals surface area contributed by atoms with Crippen molar-refractivity contribution >= 4 is 21.9 Å². The molecule has 0 aliphatic carbocycles. The molecular formula is C13H8O6. The maximum atomic E-state index is 12.2. The first-order chi connectivity index (χ1) is 8.99. The van der Waals surface area contributed by atoms with Crippen LogP contribution in [0.15, 0.2) is 33.5 Å². The highest BCUT2D eigenvalue weighted by Gasteiger charge is 2.18. The van der Waals surface area contributed by atoms with E-state index in [1.54, 1.807) is 0 Å². The predicted molar refractivity (Wildman–Crippen MR) is 66.6 cm³/mol. The highest BCUT2D eigenvalue weighted by atomic mass is 16.4. The highest BCUT2D eigenvalue weighted by Crippen LogP contribution is 2.39. The molecular weight excluding hydrogens is 252 g/mol. The lowest BCUT2D eigenvalue weighted by Crippen LogP contribution is -2.02. The number of aromatic hydroxyl groups is 4. The Balaban J connectivity index is 2.65. The standard InChI is InChI=1S/C13H8O6/c14-5-1-2-9-6(3-5)11(17)10-7(15)4-8(16)12(18)13(10)19-9/h1-4,14-16,18H. The van der Waals surface area contributed by atoms with Gasteiger partial charge >= 0.3 is 0 Å². The summed E-state index contributed by atoms with van der Waals surface area (Å²) in [6.45, 7) is 0. The van der Waals surface area contributed by atoms with Crippen molar-refractivity contribution in [1.29, 1.82) is 0 Å². The fourth-order valence-corrected chi connectivity index (χ4v) is 1.97. The van der Waals surface area contributed by atoms with Crippen LogP contribution >= 0.6 is 0 Å². The smallest absolute Gasteiger partial charge is 0.204 e. The molecule has 6 heteroatoms. The number of rotatable bonds is 0. The summed E-state index contributed by atoms with van der Waals surface area (Å²) in [5.74, 6) is -1.85. The monoisotopic (exact) mass is 260 g/mol. The second kappa shape index (κ2) is 3.55. The van der Waals surface area contributed by atoms with E-state index < -0.39 is 22.7 Å². The molecule has 0 spiro atoms. The summed E-state index contributed by atoms with van der Waals surface area (Å²) < 4.78 is 5.29. The van der Waals surface area contributed by atoms with Gasteiger partial charge in [-0.05, 0) is 18.2 Å². The van der Waals surface area contributed by atoms with Crippen LogP contribution < -0.4 is 5.43 Å². The van der Waals surface area contributed by atoms with Gasteiger partial charge in [0.25, 0.3) is 0 Å². The first-order valence-electron chi connectivity index (χ1n) is 5.32. The van der Waals surface area contributed by atoms with Crippen molar-refractivity contribution in [2.24, 2.45) is 0 Å². The molecule has 1 aromatic heterocycles. The fourth-order valence-electron chi connectivity index (χ4n) is 1.97. The van der Waals surface area contributed by atoms with Gasteiger partial charge in [0.1, 0.15) is 22.5 Å². The molecule has 3 rings (SSSR count). The van der Waals surface area contributed by atoms with Crippen LogP contribution in [0.2, 0.25) is 0 Å². The van der Waals surface area contributed by atoms with Crippen LogP contribution in [0.25, 0.3) is 21.9 Å². The summed E-state index contributed by atoms with van der Waals surface area (Å²) in [6.07, 6.45) is 0. The third-order valence-corrected chi connectivity index (χ3v) is 2.86. The quantitative estimate of drug-likeness (QED) is 0.278. The molecule has 4 N–H and O–H groups in total. The second-order valence-corrected chi connectivity index (χ2v) is 4.08. The zero-order valence-corrected chi connectivity index (χ0v) is 9.41. The van der Waals surface area contributed by atoms with Gasteiger partial charge in [0.2, 0.25) is 11.2 Å². The van der Waals surface area contributed by atoms with Crippen molar-refractivity contribution < 1.29 is 24.8 Å². The average molecular weight is 260 g/mol. The molecule has 0 fully saturated rings. The van der Waals surface area contributed by atoms with Gasteiger partial charge in [0.05, 0.1) is 5.39 Å². The third-order valence-electron chi connectivity index (χ3n) is 2.86. The Morgan fingerprint density at radius 1 is 0.947 bits per heavy atom. The Kier molecular flexibility index (Phi) is 2.10. The molecule has 0 radical (unpaired) electrons. The van der Waals surface area contributed by atoms with Crippen LogP contribution in [0.4, 0.5) is 0 Å². The number of benzene rings is 2. The van der Waals surface area contributed by atoms with Crippen LogP contribution in [-0.2, 0) is 0 Å². The first-order valence-corrected chi connectivity index (χ1v) is 5.32. The number of phenolic OH excluding ortho intramolecular Hbond substituents is 4. The molecule has 1 heterocycles. The van der Waals surface area contributed by atoms with Crippen molar-refractivity contribution in [1.82, 2.24) is 0 Å². The van der Waals surface area contributed by atoms with E-state index in [2.05, 4.69) is 0 Å². The van der Waals surface area contributed by atoms with Gasteiger partial charge in [0.15, 0.2) is 11.3 Å². The summed E-state index contributed by atoms with van der Waals surface area (Å²) in [5.41, 5.74) is -0.795. The van der Waals surface area contributed by atoms with Crippen molar-refractivity contribution in [3.63, 3.8) is 0 Å². The summed E-state index contributed by atoms with van der Waals surface area (Å²) in [7, 11) is 0. The minimum absolute atomic E-state index is 0.0629. The Hall–Kier alpha value is -2.89. The maximum Gasteiger partial charge on any atom is 0.204 e. The molecule has 3 aromatic rings. The molecule has 0 bridgehead atoms. The Morgan fingerprint density at radius 2 is 1.68 bits per heavy atom. The van der Waals surface area contributed by atoms with Gasteiger partial charge in [-0.3, -0.25) is 4.79 Å². The van der Waals surface area contributed by atoms with Crippen LogP contribution in [0.1, 0.15) is 0 Å². The zero-order valence-electron chi connectivity index (χ0n) is 9.41. The predicted octanol–water partition coefficient (Wildman–Crippen LogP) is 1.77. The van der Waals surface area contributed by atoms with Gasteiger partial charge < -0.3 is 24.8 Å². The molecule has 0 amide bonds. The van der Waals surface area contributed by atoms with Crippen LogP contribution in [0.5, 0.6) is 23.0 Å². The minimum atomic E-state index is -0.625. The van der Waals surface area contributed by atoms with Gasteiger partial charge in [-0.25, -0.2) is 0 Å². The average Bonchev–Trinajstić information content (AvgIpc) is 2.36. The van der Waals surface area contributed by atoms with Gasteiger partial charge in [0, 0.05) is 6.07 Å². The van der Waals surface area contributed by atoms with Gasteiger partial charge in [-0.1, -0.05) is 0 Å². The molecule has 0 saturated heterocycles. The molecule has 2 aromatic carbocycles. The largest absolute Gasteiger partial charge is 0.508 e. The van der Waals surface area contributed by atoms with E-state index in [0.717, 1.165) is 6.07 Å². The number of phenols is 4. The lowest BCUT2D eigenvalue weighted by Gasteiger charge is -2.06. The van der Waals surface area contributed by atoms with E-state index >= 15 is 0 Å². The van der Waals surface area contributed by atoms with Gasteiger partial charge in [-0.15, -0.1) is 0 Å². The van der Waals surface area contributed by atoms with Gasteiger partial charge in [-0.2, -0.15) is 0 Å². The lowest BCUT2D eigenvalue weighted by atomic mass is 10.1. The number of hydrogen-bond acceptors (Lipinski definition) is 6. The first kappa shape index (κ1) is 11.2. The van der Waals surface area contributed by atoms with Crippen molar-refractivity contribution in [3.8, 4) is 23.0 Å². The van der Waals surface area contributed by atoms with Crippen molar-refractivity contribution in [3.05, 3.63) is 34.5 Å². The van der Waals surface area contributed by atoms with E-state index in [4.69, 9.17) is 4.42 Å². The second-order valence-electron chi connectivity index (χ2n) is 4.08. The molecule has 0 saturated carbocycles. The summed E-state index contributed by atoms with van der Waals surface area (Å²) in [4.78, 5) is 12.2. The molecule has 19 heavy (non-hydrogen) atoms. The van der Waals surface area contributed by atoms with Crippen LogP contribution in [-0.4, -0.2) is 20.4 Å². The Morgan fingerprint density at radius 3 is 2.42 bits per heavy atom. The molecule has 96 valence electrons. The van der Waals surface area contributed by atoms with Crippen LogP contribution in [0.3, 0.4) is 0 Å². The lowest BCUT2D eigenvalue weighted by molar-refractivity contribution is 0.395. The summed E-state index contributed by atoms with van der Waals surface area (Å²) in [6, 6.07) is 4.72. The molecule has 6 nitrogen and oxygen atoms in total. The summed E-state index contributed by atoms with van der Waals surface area (Å²) in [5, 5.41) is 37.9.